The van der Waals surface area contributed by atoms with Crippen LogP contribution >= 0.6 is 23.2 Å². The second-order valence-corrected chi connectivity index (χ2v) is 5.64. The highest BCUT2D eigenvalue weighted by Gasteiger charge is 2.31. The van der Waals surface area contributed by atoms with Crippen molar-refractivity contribution in [2.24, 2.45) is 0 Å². The summed E-state index contributed by atoms with van der Waals surface area (Å²) in [4.78, 5) is 34.9. The maximum Gasteiger partial charge on any atom is 0.329 e. The van der Waals surface area contributed by atoms with Gasteiger partial charge in [0.15, 0.2) is 6.10 Å². The first-order valence-corrected chi connectivity index (χ1v) is 7.39. The number of amides is 2. The van der Waals surface area contributed by atoms with Crippen LogP contribution in [0.15, 0.2) is 18.2 Å². The molecule has 0 aliphatic carbocycles. The van der Waals surface area contributed by atoms with E-state index in [4.69, 9.17) is 27.9 Å². The van der Waals surface area contributed by atoms with Crippen LogP contribution in [0.3, 0.4) is 0 Å². The second-order valence-electron chi connectivity index (χ2n) is 4.82. The Morgan fingerprint density at radius 1 is 1.36 bits per heavy atom. The Balaban J connectivity index is 1.95. The van der Waals surface area contributed by atoms with Crippen LogP contribution in [0.25, 0.3) is 0 Å². The average molecular weight is 345 g/mol. The molecule has 1 aromatic rings. The van der Waals surface area contributed by atoms with Crippen molar-refractivity contribution in [3.8, 4) is 0 Å². The Morgan fingerprint density at radius 2 is 2.00 bits per heavy atom. The quantitative estimate of drug-likeness (QED) is 0.819. The molecule has 1 fully saturated rings. The molecule has 2 amide bonds. The summed E-state index contributed by atoms with van der Waals surface area (Å²) < 4.78 is 5.04. The molecule has 0 radical (unpaired) electrons. The summed E-state index contributed by atoms with van der Waals surface area (Å²) in [5.41, 5.74) is 0.257. The van der Waals surface area contributed by atoms with Crippen LogP contribution in [0.1, 0.15) is 19.8 Å². The lowest BCUT2D eigenvalue weighted by atomic mass is 10.2. The number of rotatable bonds is 4. The van der Waals surface area contributed by atoms with Crippen molar-refractivity contribution in [2.75, 3.05) is 5.32 Å². The maximum atomic E-state index is 12.0. The van der Waals surface area contributed by atoms with Crippen LogP contribution in [-0.4, -0.2) is 29.9 Å². The molecular formula is C14H14Cl2N2O4. The van der Waals surface area contributed by atoms with Crippen molar-refractivity contribution in [1.82, 2.24) is 5.32 Å². The molecule has 2 rings (SSSR count). The summed E-state index contributed by atoms with van der Waals surface area (Å²) in [7, 11) is 0. The van der Waals surface area contributed by atoms with E-state index in [9.17, 15) is 14.4 Å². The molecule has 1 aromatic carbocycles. The van der Waals surface area contributed by atoms with E-state index >= 15 is 0 Å². The predicted octanol–water partition coefficient (Wildman–Crippen LogP) is 2.14. The number of hydrogen-bond donors (Lipinski definition) is 2. The number of carbonyl (C=O) groups is 3. The molecule has 2 N–H and O–H groups in total. The standard InChI is InChI=1S/C14H14Cl2N2O4/c1-7(22-14(21)10-5-6-11(19)17-10)13(20)18-12-8(15)3-2-4-9(12)16/h2-4,7,10H,5-6H2,1H3,(H,17,19)(H,18,20)/t7-,10-/m1/s1. The molecular weight excluding hydrogens is 331 g/mol. The van der Waals surface area contributed by atoms with E-state index in [1.54, 1.807) is 18.2 Å². The number of nitrogens with one attached hydrogen (secondary N) is 2. The Hall–Kier alpha value is -1.79. The van der Waals surface area contributed by atoms with Crippen molar-refractivity contribution in [1.29, 1.82) is 0 Å². The van der Waals surface area contributed by atoms with E-state index < -0.39 is 24.0 Å². The minimum Gasteiger partial charge on any atom is -0.451 e. The van der Waals surface area contributed by atoms with Gasteiger partial charge in [-0.05, 0) is 25.5 Å². The van der Waals surface area contributed by atoms with E-state index in [0.717, 1.165) is 0 Å². The number of carbonyl (C=O) groups excluding carboxylic acids is 3. The van der Waals surface area contributed by atoms with Crippen LogP contribution in [-0.2, 0) is 19.1 Å². The molecule has 0 saturated carbocycles. The highest BCUT2D eigenvalue weighted by atomic mass is 35.5. The summed E-state index contributed by atoms with van der Waals surface area (Å²) in [6, 6.07) is 4.10. The number of ether oxygens (including phenoxy) is 1. The lowest BCUT2D eigenvalue weighted by Crippen LogP contribution is -2.39. The minimum atomic E-state index is -1.04. The summed E-state index contributed by atoms with van der Waals surface area (Å²) in [5.74, 6) is -1.41. The fourth-order valence-corrected chi connectivity index (χ4v) is 2.43. The van der Waals surface area contributed by atoms with Crippen LogP contribution < -0.4 is 10.6 Å². The van der Waals surface area contributed by atoms with Crippen LogP contribution in [0, 0.1) is 0 Å². The third-order valence-corrected chi connectivity index (χ3v) is 3.78. The molecule has 0 unspecified atom stereocenters. The van der Waals surface area contributed by atoms with Crippen LogP contribution in [0.2, 0.25) is 10.0 Å². The lowest BCUT2D eigenvalue weighted by Gasteiger charge is -2.17. The summed E-state index contributed by atoms with van der Waals surface area (Å²) >= 11 is 11.9. The summed E-state index contributed by atoms with van der Waals surface area (Å²) in [5, 5.41) is 5.55. The van der Waals surface area contributed by atoms with Gasteiger partial charge in [-0.15, -0.1) is 0 Å². The first kappa shape index (κ1) is 16.6. The van der Waals surface area contributed by atoms with Gasteiger partial charge in [-0.3, -0.25) is 9.59 Å². The van der Waals surface area contributed by atoms with Gasteiger partial charge in [0, 0.05) is 6.42 Å². The van der Waals surface area contributed by atoms with Crippen molar-refractivity contribution in [3.05, 3.63) is 28.2 Å². The molecule has 1 saturated heterocycles. The third kappa shape index (κ3) is 3.90. The fraction of sp³-hybridized carbons (Fsp3) is 0.357. The highest BCUT2D eigenvalue weighted by molar-refractivity contribution is 6.39. The van der Waals surface area contributed by atoms with Gasteiger partial charge in [-0.2, -0.15) is 0 Å². The van der Waals surface area contributed by atoms with Crippen LogP contribution in [0.5, 0.6) is 0 Å². The summed E-state index contributed by atoms with van der Waals surface area (Å²) in [6.07, 6.45) is -0.407. The molecule has 22 heavy (non-hydrogen) atoms. The van der Waals surface area contributed by atoms with Crippen LogP contribution in [0.4, 0.5) is 5.69 Å². The molecule has 0 spiro atoms. The van der Waals surface area contributed by atoms with E-state index in [-0.39, 0.29) is 28.1 Å². The third-order valence-electron chi connectivity index (χ3n) is 3.15. The SMILES string of the molecule is C[C@@H](OC(=O)[C@H]1CCC(=O)N1)C(=O)Nc1c(Cl)cccc1Cl. The van der Waals surface area contributed by atoms with Crippen molar-refractivity contribution in [2.45, 2.75) is 31.9 Å². The molecule has 1 heterocycles. The molecule has 2 atom stereocenters. The topological polar surface area (TPSA) is 84.5 Å². The van der Waals surface area contributed by atoms with E-state index in [1.165, 1.54) is 6.92 Å². The number of hydrogen-bond acceptors (Lipinski definition) is 4. The van der Waals surface area contributed by atoms with E-state index in [2.05, 4.69) is 10.6 Å². The lowest BCUT2D eigenvalue weighted by molar-refractivity contribution is -0.155. The van der Waals surface area contributed by atoms with E-state index in [1.807, 2.05) is 0 Å². The number of anilines is 1. The summed E-state index contributed by atoms with van der Waals surface area (Å²) in [6.45, 7) is 1.43. The molecule has 6 nitrogen and oxygen atoms in total. The zero-order chi connectivity index (χ0) is 16.3. The maximum absolute atomic E-state index is 12.0. The largest absolute Gasteiger partial charge is 0.451 e. The molecule has 118 valence electrons. The Kier molecular flexibility index (Phi) is 5.26. The zero-order valence-corrected chi connectivity index (χ0v) is 13.2. The number of esters is 1. The monoisotopic (exact) mass is 344 g/mol. The number of para-hydroxylation sites is 1. The Morgan fingerprint density at radius 3 is 2.55 bits per heavy atom. The van der Waals surface area contributed by atoms with Gasteiger partial charge in [-0.25, -0.2) is 4.79 Å². The van der Waals surface area contributed by atoms with Gasteiger partial charge in [0.1, 0.15) is 6.04 Å². The number of benzene rings is 1. The van der Waals surface area contributed by atoms with Gasteiger partial charge in [-0.1, -0.05) is 29.3 Å². The van der Waals surface area contributed by atoms with Crippen molar-refractivity contribution >= 4 is 46.7 Å². The molecule has 0 bridgehead atoms. The van der Waals surface area contributed by atoms with Gasteiger partial charge < -0.3 is 15.4 Å². The Bertz CT molecular complexity index is 601. The highest BCUT2D eigenvalue weighted by Crippen LogP contribution is 2.29. The fourth-order valence-electron chi connectivity index (χ4n) is 1.94. The number of halogens is 2. The molecule has 8 heteroatoms. The van der Waals surface area contributed by atoms with Gasteiger partial charge >= 0.3 is 5.97 Å². The van der Waals surface area contributed by atoms with Gasteiger partial charge in [0.05, 0.1) is 15.7 Å². The normalized spacial score (nSPS) is 18.5. The average Bonchev–Trinajstić information content (AvgIpc) is 2.89. The first-order valence-electron chi connectivity index (χ1n) is 6.63. The van der Waals surface area contributed by atoms with Crippen molar-refractivity contribution < 1.29 is 19.1 Å². The van der Waals surface area contributed by atoms with Crippen molar-refractivity contribution in [3.63, 3.8) is 0 Å². The molecule has 1 aliphatic heterocycles. The van der Waals surface area contributed by atoms with E-state index in [0.29, 0.717) is 6.42 Å². The molecule has 0 aromatic heterocycles. The second kappa shape index (κ2) is 6.98. The predicted molar refractivity (Wildman–Crippen MR) is 81.8 cm³/mol. The minimum absolute atomic E-state index is 0.207. The smallest absolute Gasteiger partial charge is 0.329 e. The van der Waals surface area contributed by atoms with Gasteiger partial charge in [0.2, 0.25) is 5.91 Å². The Labute approximate surface area is 137 Å². The zero-order valence-electron chi connectivity index (χ0n) is 11.7. The first-order chi connectivity index (χ1) is 10.4. The molecule has 1 aliphatic rings. The van der Waals surface area contributed by atoms with Gasteiger partial charge in [0.25, 0.3) is 5.91 Å².